The molecule has 1 N–H and O–H groups in total. The van der Waals surface area contributed by atoms with E-state index in [4.69, 9.17) is 11.6 Å². The van der Waals surface area contributed by atoms with Crippen molar-refractivity contribution in [1.82, 2.24) is 10.2 Å². The lowest BCUT2D eigenvalue weighted by Gasteiger charge is -2.36. The summed E-state index contributed by atoms with van der Waals surface area (Å²) in [5, 5.41) is 4.27. The van der Waals surface area contributed by atoms with Crippen molar-refractivity contribution < 1.29 is 0 Å². The minimum Gasteiger partial charge on any atom is -0.369 e. The molecule has 2 aliphatic heterocycles. The number of nitrogens with one attached hydrogen (secondary N) is 1. The van der Waals surface area contributed by atoms with Gasteiger partial charge in [-0.2, -0.15) is 0 Å². The molecular weight excluding hydrogens is 270 g/mol. The van der Waals surface area contributed by atoms with Gasteiger partial charge in [0.25, 0.3) is 0 Å². The van der Waals surface area contributed by atoms with Crippen molar-refractivity contribution >= 4 is 17.3 Å². The summed E-state index contributed by atoms with van der Waals surface area (Å²) >= 11 is 5.95. The van der Waals surface area contributed by atoms with E-state index in [2.05, 4.69) is 27.2 Å². The SMILES string of the molecule is Clc1ccc(N2CCN(CCC3CCNC3)CC2)cc1. The molecule has 4 heteroatoms. The zero-order valence-electron chi connectivity index (χ0n) is 12.0. The molecule has 0 aliphatic carbocycles. The first-order valence-corrected chi connectivity index (χ1v) is 8.12. The van der Waals surface area contributed by atoms with Gasteiger partial charge in [-0.25, -0.2) is 0 Å². The highest BCUT2D eigenvalue weighted by molar-refractivity contribution is 6.30. The smallest absolute Gasteiger partial charge is 0.0407 e. The van der Waals surface area contributed by atoms with Crippen molar-refractivity contribution in [2.24, 2.45) is 5.92 Å². The van der Waals surface area contributed by atoms with Crippen molar-refractivity contribution in [3.05, 3.63) is 29.3 Å². The van der Waals surface area contributed by atoms with Crippen molar-refractivity contribution in [3.8, 4) is 0 Å². The summed E-state index contributed by atoms with van der Waals surface area (Å²) in [6.07, 6.45) is 2.72. The van der Waals surface area contributed by atoms with Crippen LogP contribution in [0.3, 0.4) is 0 Å². The van der Waals surface area contributed by atoms with E-state index in [1.165, 1.54) is 51.3 Å². The number of benzene rings is 1. The van der Waals surface area contributed by atoms with Crippen LogP contribution in [0.5, 0.6) is 0 Å². The summed E-state index contributed by atoms with van der Waals surface area (Å²) in [4.78, 5) is 5.08. The number of piperazine rings is 1. The first-order chi connectivity index (χ1) is 9.81. The number of halogens is 1. The standard InChI is InChI=1S/C16H24ClN3/c17-15-1-3-16(4-2-15)20-11-9-19(10-12-20)8-6-14-5-7-18-13-14/h1-4,14,18H,5-13H2. The molecule has 1 atom stereocenters. The molecular formula is C16H24ClN3. The molecule has 0 spiro atoms. The highest BCUT2D eigenvalue weighted by Crippen LogP contribution is 2.20. The van der Waals surface area contributed by atoms with Gasteiger partial charge in [0, 0.05) is 36.9 Å². The monoisotopic (exact) mass is 293 g/mol. The zero-order valence-corrected chi connectivity index (χ0v) is 12.8. The van der Waals surface area contributed by atoms with E-state index < -0.39 is 0 Å². The van der Waals surface area contributed by atoms with E-state index in [1.54, 1.807) is 0 Å². The zero-order chi connectivity index (χ0) is 13.8. The third-order valence-corrected chi connectivity index (χ3v) is 4.83. The lowest BCUT2D eigenvalue weighted by molar-refractivity contribution is 0.241. The van der Waals surface area contributed by atoms with Gasteiger partial charge in [0.1, 0.15) is 0 Å². The number of anilines is 1. The van der Waals surface area contributed by atoms with E-state index in [0.29, 0.717) is 0 Å². The first kappa shape index (κ1) is 14.2. The fourth-order valence-corrected chi connectivity index (χ4v) is 3.33. The predicted molar refractivity (Wildman–Crippen MR) is 85.7 cm³/mol. The van der Waals surface area contributed by atoms with Crippen LogP contribution < -0.4 is 10.2 Å². The Morgan fingerprint density at radius 1 is 1.10 bits per heavy atom. The molecule has 0 radical (unpaired) electrons. The van der Waals surface area contributed by atoms with Gasteiger partial charge in [-0.15, -0.1) is 0 Å². The van der Waals surface area contributed by atoms with Gasteiger partial charge in [0.15, 0.2) is 0 Å². The molecule has 20 heavy (non-hydrogen) atoms. The van der Waals surface area contributed by atoms with Crippen LogP contribution in [0.25, 0.3) is 0 Å². The van der Waals surface area contributed by atoms with Crippen LogP contribution in [0.4, 0.5) is 5.69 Å². The normalized spacial score (nSPS) is 24.2. The van der Waals surface area contributed by atoms with Gasteiger partial charge >= 0.3 is 0 Å². The summed E-state index contributed by atoms with van der Waals surface area (Å²) in [5.74, 6) is 0.907. The third-order valence-electron chi connectivity index (χ3n) is 4.58. The molecule has 0 aromatic heterocycles. The van der Waals surface area contributed by atoms with Gasteiger partial charge in [-0.3, -0.25) is 4.90 Å². The number of rotatable bonds is 4. The fourth-order valence-electron chi connectivity index (χ4n) is 3.21. The summed E-state index contributed by atoms with van der Waals surface area (Å²) in [6, 6.07) is 8.22. The van der Waals surface area contributed by atoms with E-state index >= 15 is 0 Å². The number of hydrogen-bond acceptors (Lipinski definition) is 3. The molecule has 2 aliphatic rings. The molecule has 1 unspecified atom stereocenters. The second kappa shape index (κ2) is 6.79. The average molecular weight is 294 g/mol. The highest BCUT2D eigenvalue weighted by atomic mass is 35.5. The van der Waals surface area contributed by atoms with Crippen LogP contribution in [-0.2, 0) is 0 Å². The van der Waals surface area contributed by atoms with Gasteiger partial charge in [0.2, 0.25) is 0 Å². The Morgan fingerprint density at radius 3 is 2.50 bits per heavy atom. The van der Waals surface area contributed by atoms with Crippen LogP contribution in [-0.4, -0.2) is 50.7 Å². The molecule has 3 nitrogen and oxygen atoms in total. The number of hydrogen-bond donors (Lipinski definition) is 1. The second-order valence-corrected chi connectivity index (χ2v) is 6.39. The molecule has 0 bridgehead atoms. The van der Waals surface area contributed by atoms with Crippen molar-refractivity contribution in [2.75, 3.05) is 50.7 Å². The highest BCUT2D eigenvalue weighted by Gasteiger charge is 2.19. The van der Waals surface area contributed by atoms with E-state index in [9.17, 15) is 0 Å². The molecule has 0 saturated carbocycles. The average Bonchev–Trinajstić information content (AvgIpc) is 3.00. The quantitative estimate of drug-likeness (QED) is 0.920. The van der Waals surface area contributed by atoms with E-state index in [-0.39, 0.29) is 0 Å². The molecule has 2 saturated heterocycles. The van der Waals surface area contributed by atoms with Crippen LogP contribution in [0, 0.1) is 5.92 Å². The molecule has 2 fully saturated rings. The van der Waals surface area contributed by atoms with Crippen LogP contribution in [0.2, 0.25) is 5.02 Å². The largest absolute Gasteiger partial charge is 0.369 e. The van der Waals surface area contributed by atoms with Gasteiger partial charge < -0.3 is 10.2 Å². The Bertz CT molecular complexity index is 406. The molecule has 2 heterocycles. The Kier molecular flexibility index (Phi) is 4.81. The lowest BCUT2D eigenvalue weighted by atomic mass is 10.0. The third kappa shape index (κ3) is 3.66. The Hall–Kier alpha value is -0.770. The van der Waals surface area contributed by atoms with Gasteiger partial charge in [0.05, 0.1) is 0 Å². The van der Waals surface area contributed by atoms with Gasteiger partial charge in [-0.05, 0) is 62.7 Å². The second-order valence-electron chi connectivity index (χ2n) is 5.95. The minimum absolute atomic E-state index is 0.817. The van der Waals surface area contributed by atoms with Crippen molar-refractivity contribution in [2.45, 2.75) is 12.8 Å². The molecule has 0 amide bonds. The summed E-state index contributed by atoms with van der Waals surface area (Å²) in [7, 11) is 0. The summed E-state index contributed by atoms with van der Waals surface area (Å²) in [5.41, 5.74) is 1.30. The predicted octanol–water partition coefficient (Wildman–Crippen LogP) is 2.46. The summed E-state index contributed by atoms with van der Waals surface area (Å²) in [6.45, 7) is 8.33. The van der Waals surface area contributed by atoms with Crippen LogP contribution in [0.15, 0.2) is 24.3 Å². The number of nitrogens with zero attached hydrogens (tertiary/aromatic N) is 2. The maximum absolute atomic E-state index is 5.95. The summed E-state index contributed by atoms with van der Waals surface area (Å²) < 4.78 is 0. The molecule has 3 rings (SSSR count). The Labute approximate surface area is 126 Å². The topological polar surface area (TPSA) is 18.5 Å². The van der Waals surface area contributed by atoms with Gasteiger partial charge in [-0.1, -0.05) is 11.6 Å². The minimum atomic E-state index is 0.817. The molecule has 1 aromatic carbocycles. The maximum Gasteiger partial charge on any atom is 0.0407 e. The van der Waals surface area contributed by atoms with E-state index in [0.717, 1.165) is 24.0 Å². The van der Waals surface area contributed by atoms with Crippen LogP contribution >= 0.6 is 11.6 Å². The first-order valence-electron chi connectivity index (χ1n) is 7.75. The maximum atomic E-state index is 5.95. The molecule has 110 valence electrons. The van der Waals surface area contributed by atoms with Crippen molar-refractivity contribution in [1.29, 1.82) is 0 Å². The Morgan fingerprint density at radius 2 is 1.85 bits per heavy atom. The van der Waals surface area contributed by atoms with E-state index in [1.807, 2.05) is 12.1 Å². The lowest BCUT2D eigenvalue weighted by Crippen LogP contribution is -2.46. The van der Waals surface area contributed by atoms with Crippen LogP contribution in [0.1, 0.15) is 12.8 Å². The molecule has 1 aromatic rings. The van der Waals surface area contributed by atoms with Crippen molar-refractivity contribution in [3.63, 3.8) is 0 Å². The Balaban J connectivity index is 1.43. The fraction of sp³-hybridized carbons (Fsp3) is 0.625.